The van der Waals surface area contributed by atoms with Crippen LogP contribution in [-0.4, -0.2) is 66.0 Å². The molecule has 0 unspecified atom stereocenters. The fourth-order valence-corrected chi connectivity index (χ4v) is 5.99. The zero-order valence-corrected chi connectivity index (χ0v) is 22.9. The minimum absolute atomic E-state index is 0.0132. The summed E-state index contributed by atoms with van der Waals surface area (Å²) in [6, 6.07) is 7.00. The number of likely N-dealkylation sites (N-methyl/N-ethyl adjacent to an activating group) is 1. The summed E-state index contributed by atoms with van der Waals surface area (Å²) < 4.78 is 31.8. The zero-order valence-electron chi connectivity index (χ0n) is 22.9. The third-order valence-corrected chi connectivity index (χ3v) is 8.01. The molecule has 1 N–H and O–H groups in total. The highest BCUT2D eigenvalue weighted by molar-refractivity contribution is 5.83. The number of hydrogen-bond donors (Lipinski definition) is 1. The molecule has 4 heterocycles. The molecule has 10 heteroatoms. The summed E-state index contributed by atoms with van der Waals surface area (Å²) in [6.45, 7) is 13.4. The SMILES string of the molecule is CCN1CCN(Cc2ccc(Nc3ncc(F)c(-c4cc(F)c5nc(C)n(C(C)C)c5c4)n3)nc2)CC12CC2. The number of pyridine rings is 1. The maximum Gasteiger partial charge on any atom is 0.229 e. The number of piperazine rings is 1. The van der Waals surface area contributed by atoms with E-state index >= 15 is 0 Å². The molecule has 4 aromatic rings. The van der Waals surface area contributed by atoms with Crippen LogP contribution >= 0.6 is 0 Å². The number of anilines is 2. The maximum atomic E-state index is 15.0. The van der Waals surface area contributed by atoms with Gasteiger partial charge >= 0.3 is 0 Å². The van der Waals surface area contributed by atoms with Crippen molar-refractivity contribution in [1.82, 2.24) is 34.3 Å². The fourth-order valence-electron chi connectivity index (χ4n) is 5.99. The number of nitrogens with one attached hydrogen (secondary N) is 1. The third kappa shape index (κ3) is 4.87. The average molecular weight is 533 g/mol. The van der Waals surface area contributed by atoms with Crippen LogP contribution in [0.15, 0.2) is 36.7 Å². The predicted octanol–water partition coefficient (Wildman–Crippen LogP) is 5.47. The van der Waals surface area contributed by atoms with E-state index in [0.717, 1.165) is 44.5 Å². The normalized spacial score (nSPS) is 17.4. The van der Waals surface area contributed by atoms with E-state index in [4.69, 9.17) is 0 Å². The second-order valence-corrected chi connectivity index (χ2v) is 11.0. The van der Waals surface area contributed by atoms with Gasteiger partial charge in [0.2, 0.25) is 5.95 Å². The molecule has 0 radical (unpaired) electrons. The van der Waals surface area contributed by atoms with Crippen molar-refractivity contribution in [2.24, 2.45) is 0 Å². The summed E-state index contributed by atoms with van der Waals surface area (Å²) in [5, 5.41) is 3.06. The standard InChI is InChI=1S/C29H34F2N8/c1-5-38-11-10-37(17-29(38)8-9-29)16-20-6-7-25(32-14-20)35-28-33-15-23(31)26(36-28)21-12-22(30)27-24(13-21)39(18(2)3)19(4)34-27/h6-7,12-15,18H,5,8-11,16-17H2,1-4H3,(H,32,33,35,36). The van der Waals surface area contributed by atoms with E-state index in [0.29, 0.717) is 28.3 Å². The number of benzene rings is 1. The number of fused-ring (bicyclic) bond motifs is 1. The van der Waals surface area contributed by atoms with Crippen molar-refractivity contribution in [3.8, 4) is 11.3 Å². The van der Waals surface area contributed by atoms with Crippen molar-refractivity contribution < 1.29 is 8.78 Å². The maximum absolute atomic E-state index is 15.0. The van der Waals surface area contributed by atoms with Crippen LogP contribution in [0.2, 0.25) is 0 Å². The van der Waals surface area contributed by atoms with Gasteiger partial charge in [-0.3, -0.25) is 9.80 Å². The Kier molecular flexibility index (Phi) is 6.55. The molecule has 204 valence electrons. The number of hydrogen-bond acceptors (Lipinski definition) is 7. The van der Waals surface area contributed by atoms with Crippen LogP contribution in [0, 0.1) is 18.6 Å². The molecule has 6 rings (SSSR count). The molecule has 0 bridgehead atoms. The van der Waals surface area contributed by atoms with Crippen molar-refractivity contribution in [2.45, 2.75) is 58.7 Å². The van der Waals surface area contributed by atoms with Gasteiger partial charge in [0.1, 0.15) is 22.9 Å². The molecule has 39 heavy (non-hydrogen) atoms. The summed E-state index contributed by atoms with van der Waals surface area (Å²) in [6.07, 6.45) is 5.53. The molecule has 1 saturated carbocycles. The highest BCUT2D eigenvalue weighted by Crippen LogP contribution is 2.44. The van der Waals surface area contributed by atoms with Crippen molar-refractivity contribution in [3.63, 3.8) is 0 Å². The predicted molar refractivity (Wildman–Crippen MR) is 148 cm³/mol. The van der Waals surface area contributed by atoms with E-state index in [9.17, 15) is 8.78 Å². The van der Waals surface area contributed by atoms with Gasteiger partial charge in [-0.05, 0) is 63.9 Å². The molecular weight excluding hydrogens is 498 g/mol. The third-order valence-electron chi connectivity index (χ3n) is 8.01. The van der Waals surface area contributed by atoms with Crippen LogP contribution in [0.4, 0.5) is 20.5 Å². The first-order valence-corrected chi connectivity index (χ1v) is 13.7. The van der Waals surface area contributed by atoms with Crippen molar-refractivity contribution in [2.75, 3.05) is 31.5 Å². The Bertz CT molecular complexity index is 1510. The van der Waals surface area contributed by atoms with Gasteiger partial charge in [-0.25, -0.2) is 28.7 Å². The Hall–Kier alpha value is -3.50. The number of imidazole rings is 1. The quantitative estimate of drug-likeness (QED) is 0.338. The zero-order chi connectivity index (χ0) is 27.3. The van der Waals surface area contributed by atoms with Gasteiger partial charge in [-0.15, -0.1) is 0 Å². The lowest BCUT2D eigenvalue weighted by Crippen LogP contribution is -2.54. The molecule has 1 aliphatic carbocycles. The topological polar surface area (TPSA) is 75.0 Å². The number of aromatic nitrogens is 5. The van der Waals surface area contributed by atoms with Gasteiger partial charge in [0.15, 0.2) is 11.6 Å². The lowest BCUT2D eigenvalue weighted by molar-refractivity contribution is 0.0591. The lowest BCUT2D eigenvalue weighted by Gasteiger charge is -2.41. The minimum Gasteiger partial charge on any atom is -0.326 e. The summed E-state index contributed by atoms with van der Waals surface area (Å²) in [5.41, 5.74) is 2.74. The number of rotatable bonds is 7. The van der Waals surface area contributed by atoms with Crippen LogP contribution in [0.1, 0.15) is 51.0 Å². The van der Waals surface area contributed by atoms with Crippen LogP contribution in [0.25, 0.3) is 22.3 Å². The van der Waals surface area contributed by atoms with Crippen molar-refractivity contribution in [1.29, 1.82) is 0 Å². The molecular formula is C29H34F2N8. The first-order chi connectivity index (χ1) is 18.8. The van der Waals surface area contributed by atoms with Gasteiger partial charge in [-0.2, -0.15) is 0 Å². The monoisotopic (exact) mass is 532 g/mol. The molecule has 8 nitrogen and oxygen atoms in total. The van der Waals surface area contributed by atoms with Crippen LogP contribution in [0.5, 0.6) is 0 Å². The molecule has 0 amide bonds. The first-order valence-electron chi connectivity index (χ1n) is 13.7. The molecule has 2 aliphatic rings. The molecule has 1 aromatic carbocycles. The summed E-state index contributed by atoms with van der Waals surface area (Å²) in [7, 11) is 0. The van der Waals surface area contributed by atoms with Gasteiger partial charge in [0.25, 0.3) is 0 Å². The number of aryl methyl sites for hydroxylation is 1. The lowest BCUT2D eigenvalue weighted by atomic mass is 10.1. The Labute approximate surface area is 227 Å². The van der Waals surface area contributed by atoms with Gasteiger partial charge in [0, 0.05) is 49.5 Å². The van der Waals surface area contributed by atoms with E-state index < -0.39 is 11.6 Å². The van der Waals surface area contributed by atoms with Crippen LogP contribution in [-0.2, 0) is 6.54 Å². The van der Waals surface area contributed by atoms with E-state index in [1.165, 1.54) is 18.9 Å². The highest BCUT2D eigenvalue weighted by Gasteiger charge is 2.50. The second-order valence-electron chi connectivity index (χ2n) is 11.0. The van der Waals surface area contributed by atoms with E-state index in [1.807, 2.05) is 43.7 Å². The number of halogens is 2. The first kappa shape index (κ1) is 25.8. The largest absolute Gasteiger partial charge is 0.326 e. The summed E-state index contributed by atoms with van der Waals surface area (Å²) in [4.78, 5) is 22.5. The van der Waals surface area contributed by atoms with E-state index in [-0.39, 0.29) is 23.2 Å². The Morgan fingerprint density at radius 3 is 2.54 bits per heavy atom. The van der Waals surface area contributed by atoms with Gasteiger partial charge in [-0.1, -0.05) is 13.0 Å². The van der Waals surface area contributed by atoms with E-state index in [2.05, 4.69) is 42.0 Å². The van der Waals surface area contributed by atoms with Crippen LogP contribution in [0.3, 0.4) is 0 Å². The smallest absolute Gasteiger partial charge is 0.229 e. The average Bonchev–Trinajstić information content (AvgIpc) is 3.57. The second kappa shape index (κ2) is 9.91. The number of nitrogens with zero attached hydrogens (tertiary/aromatic N) is 7. The summed E-state index contributed by atoms with van der Waals surface area (Å²) in [5.74, 6) is 0.296. The van der Waals surface area contributed by atoms with E-state index in [1.54, 1.807) is 6.07 Å². The Balaban J connectivity index is 1.19. The van der Waals surface area contributed by atoms with Gasteiger partial charge in [0.05, 0.1) is 11.7 Å². The molecule has 3 aromatic heterocycles. The Morgan fingerprint density at radius 1 is 1.03 bits per heavy atom. The fraction of sp³-hybridized carbons (Fsp3) is 0.448. The Morgan fingerprint density at radius 2 is 1.85 bits per heavy atom. The molecule has 1 spiro atoms. The van der Waals surface area contributed by atoms with Crippen molar-refractivity contribution in [3.05, 3.63) is 59.7 Å². The van der Waals surface area contributed by atoms with Gasteiger partial charge < -0.3 is 9.88 Å². The summed E-state index contributed by atoms with van der Waals surface area (Å²) >= 11 is 0. The highest BCUT2D eigenvalue weighted by atomic mass is 19.1. The molecule has 1 saturated heterocycles. The van der Waals surface area contributed by atoms with Crippen molar-refractivity contribution >= 4 is 22.8 Å². The minimum atomic E-state index is -0.633. The molecule has 2 fully saturated rings. The molecule has 1 aliphatic heterocycles. The van der Waals surface area contributed by atoms with Crippen LogP contribution < -0.4 is 5.32 Å². The molecule has 0 atom stereocenters.